The van der Waals surface area contributed by atoms with Crippen molar-refractivity contribution in [2.45, 2.75) is 50.8 Å². The minimum absolute atomic E-state index is 0.0249. The molecule has 2 saturated heterocycles. The first-order chi connectivity index (χ1) is 18.1. The molecule has 2 aromatic rings. The normalized spacial score (nSPS) is 22.3. The highest BCUT2D eigenvalue weighted by Crippen LogP contribution is 2.53. The number of carbonyl (C=O) groups excluding carboxylic acids is 1. The molecule has 3 heterocycles. The zero-order valence-electron chi connectivity index (χ0n) is 21.2. The molecule has 1 N–H and O–H groups in total. The maximum atomic E-state index is 14.7. The Labute approximate surface area is 219 Å². The number of benzene rings is 1. The van der Waals surface area contributed by atoms with E-state index in [1.165, 1.54) is 17.0 Å². The molecule has 5 rings (SSSR count). The van der Waals surface area contributed by atoms with Crippen molar-refractivity contribution in [3.8, 4) is 17.0 Å². The van der Waals surface area contributed by atoms with Crippen LogP contribution in [0.25, 0.3) is 11.1 Å². The summed E-state index contributed by atoms with van der Waals surface area (Å²) in [5, 5.41) is 9.63. The van der Waals surface area contributed by atoms with E-state index in [9.17, 15) is 27.5 Å². The maximum Gasteiger partial charge on any atom is 0.395 e. The molecule has 0 bridgehead atoms. The van der Waals surface area contributed by atoms with Gasteiger partial charge in [-0.3, -0.25) is 4.79 Å². The number of amides is 1. The van der Waals surface area contributed by atoms with Crippen LogP contribution in [0.4, 0.5) is 17.6 Å². The molecule has 10 heteroatoms. The quantitative estimate of drug-likeness (QED) is 0.510. The fourth-order valence-corrected chi connectivity index (χ4v) is 5.68. The van der Waals surface area contributed by atoms with Crippen LogP contribution in [0.2, 0.25) is 0 Å². The number of piperidine rings is 1. The number of pyridine rings is 1. The summed E-state index contributed by atoms with van der Waals surface area (Å²) < 4.78 is 61.0. The molecule has 1 aromatic heterocycles. The minimum atomic E-state index is -4.13. The minimum Gasteiger partial charge on any atom is -0.477 e. The van der Waals surface area contributed by atoms with Crippen LogP contribution in [0.1, 0.15) is 48.9 Å². The SMILES string of the molecule is O=C(c1ccc(-c2ccc(OCC3CCN(CC4(C(F)(F)F)CCC4)CC3)nc2)cc1F)N1CC[C@@H](O)C1. The fraction of sp³-hybridized carbons (Fsp3) is 0.571. The smallest absolute Gasteiger partial charge is 0.395 e. The molecule has 206 valence electrons. The van der Waals surface area contributed by atoms with E-state index in [0.29, 0.717) is 56.1 Å². The summed E-state index contributed by atoms with van der Waals surface area (Å²) in [7, 11) is 0. The average Bonchev–Trinajstić information content (AvgIpc) is 3.31. The Balaban J connectivity index is 1.11. The van der Waals surface area contributed by atoms with Crippen molar-refractivity contribution in [2.75, 3.05) is 39.3 Å². The summed E-state index contributed by atoms with van der Waals surface area (Å²) in [5.41, 5.74) is -0.286. The summed E-state index contributed by atoms with van der Waals surface area (Å²) >= 11 is 0. The molecular weight excluding hydrogens is 502 g/mol. The highest BCUT2D eigenvalue weighted by Gasteiger charge is 2.58. The van der Waals surface area contributed by atoms with Crippen molar-refractivity contribution in [3.05, 3.63) is 47.9 Å². The Morgan fingerprint density at radius 3 is 2.37 bits per heavy atom. The number of β-amino-alcohol motifs (C(OH)–C–C–N with tert-alkyl or cyclic N) is 1. The topological polar surface area (TPSA) is 65.9 Å². The zero-order valence-corrected chi connectivity index (χ0v) is 21.2. The van der Waals surface area contributed by atoms with E-state index in [1.54, 1.807) is 24.4 Å². The van der Waals surface area contributed by atoms with Crippen molar-refractivity contribution in [3.63, 3.8) is 0 Å². The lowest BCUT2D eigenvalue weighted by Gasteiger charge is -2.47. The fourth-order valence-electron chi connectivity index (χ4n) is 5.68. The second-order valence-electron chi connectivity index (χ2n) is 10.9. The number of nitrogens with zero attached hydrogens (tertiary/aromatic N) is 3. The number of carbonyl (C=O) groups is 1. The van der Waals surface area contributed by atoms with Crippen molar-refractivity contribution in [1.82, 2.24) is 14.8 Å². The van der Waals surface area contributed by atoms with Gasteiger partial charge in [0.1, 0.15) is 5.82 Å². The van der Waals surface area contributed by atoms with Crippen LogP contribution in [-0.4, -0.2) is 77.4 Å². The van der Waals surface area contributed by atoms with Crippen molar-refractivity contribution < 1.29 is 32.2 Å². The molecular formula is C28H33F4N3O3. The van der Waals surface area contributed by atoms with Crippen molar-refractivity contribution in [1.29, 1.82) is 0 Å². The molecule has 6 nitrogen and oxygen atoms in total. The van der Waals surface area contributed by atoms with E-state index in [-0.39, 0.29) is 37.4 Å². The predicted molar refractivity (Wildman–Crippen MR) is 133 cm³/mol. The zero-order chi connectivity index (χ0) is 26.9. The molecule has 1 aromatic carbocycles. The Morgan fingerprint density at radius 1 is 1.08 bits per heavy atom. The van der Waals surface area contributed by atoms with Gasteiger partial charge in [0.2, 0.25) is 5.88 Å². The average molecular weight is 536 g/mol. The van der Waals surface area contributed by atoms with E-state index in [0.717, 1.165) is 12.8 Å². The third-order valence-electron chi connectivity index (χ3n) is 8.33. The number of hydrogen-bond donors (Lipinski definition) is 1. The molecule has 0 unspecified atom stereocenters. The standard InChI is InChI=1S/C28H33F4N3O3/c29-24-14-20(2-4-23(24)26(37)35-13-8-22(36)16-35)21-3-5-25(33-15-21)38-17-19-6-11-34(12-7-19)18-27(9-1-10-27)28(30,31)32/h2-5,14-15,19,22,36H,1,6-13,16-18H2/t22-/m1/s1. The lowest BCUT2D eigenvalue weighted by atomic mass is 9.67. The highest BCUT2D eigenvalue weighted by molar-refractivity contribution is 5.95. The van der Waals surface area contributed by atoms with E-state index in [2.05, 4.69) is 4.98 Å². The van der Waals surface area contributed by atoms with Gasteiger partial charge in [-0.15, -0.1) is 0 Å². The van der Waals surface area contributed by atoms with Crippen molar-refractivity contribution >= 4 is 5.91 Å². The van der Waals surface area contributed by atoms with E-state index in [1.807, 2.05) is 4.90 Å². The lowest BCUT2D eigenvalue weighted by molar-refractivity contribution is -0.256. The number of ether oxygens (including phenoxy) is 1. The first-order valence-electron chi connectivity index (χ1n) is 13.3. The molecule has 1 aliphatic carbocycles. The first-order valence-corrected chi connectivity index (χ1v) is 13.3. The van der Waals surface area contributed by atoms with E-state index in [4.69, 9.17) is 4.74 Å². The van der Waals surface area contributed by atoms with Crippen LogP contribution in [0, 0.1) is 17.2 Å². The molecule has 0 radical (unpaired) electrons. The van der Waals surface area contributed by atoms with Crippen LogP contribution in [0.5, 0.6) is 5.88 Å². The predicted octanol–water partition coefficient (Wildman–Crippen LogP) is 4.92. The van der Waals surface area contributed by atoms with Gasteiger partial charge < -0.3 is 19.6 Å². The van der Waals surface area contributed by atoms with E-state index >= 15 is 0 Å². The van der Waals surface area contributed by atoms with Crippen molar-refractivity contribution in [2.24, 2.45) is 11.3 Å². The maximum absolute atomic E-state index is 14.7. The number of alkyl halides is 3. The molecule has 3 fully saturated rings. The number of rotatable bonds is 7. The number of aliphatic hydroxyl groups is 1. The number of likely N-dealkylation sites (tertiary alicyclic amines) is 2. The van der Waals surface area contributed by atoms with Gasteiger partial charge in [0, 0.05) is 37.5 Å². The van der Waals surface area contributed by atoms with Gasteiger partial charge in [-0.25, -0.2) is 9.37 Å². The van der Waals surface area contributed by atoms with Gasteiger partial charge in [0.05, 0.1) is 23.7 Å². The van der Waals surface area contributed by atoms with Gasteiger partial charge >= 0.3 is 6.18 Å². The Morgan fingerprint density at radius 2 is 1.82 bits per heavy atom. The summed E-state index contributed by atoms with van der Waals surface area (Å²) in [6.07, 6.45) is 0.0718. The molecule has 38 heavy (non-hydrogen) atoms. The second kappa shape index (κ2) is 10.8. The number of aliphatic hydroxyl groups excluding tert-OH is 1. The molecule has 3 aliphatic rings. The monoisotopic (exact) mass is 535 g/mol. The first kappa shape index (κ1) is 26.9. The van der Waals surface area contributed by atoms with Gasteiger partial charge in [0.25, 0.3) is 5.91 Å². The largest absolute Gasteiger partial charge is 0.477 e. The van der Waals surface area contributed by atoms with Gasteiger partial charge in [-0.2, -0.15) is 13.2 Å². The number of aromatic nitrogens is 1. The van der Waals surface area contributed by atoms with Crippen LogP contribution in [0.15, 0.2) is 36.5 Å². The van der Waals surface area contributed by atoms with Crippen LogP contribution >= 0.6 is 0 Å². The molecule has 1 saturated carbocycles. The Bertz CT molecular complexity index is 1130. The molecule has 2 aliphatic heterocycles. The summed E-state index contributed by atoms with van der Waals surface area (Å²) in [4.78, 5) is 20.3. The summed E-state index contributed by atoms with van der Waals surface area (Å²) in [6, 6.07) is 7.90. The Kier molecular flexibility index (Phi) is 7.64. The highest BCUT2D eigenvalue weighted by atomic mass is 19.4. The third kappa shape index (κ3) is 5.66. The summed E-state index contributed by atoms with van der Waals surface area (Å²) in [6.45, 7) is 2.44. The van der Waals surface area contributed by atoms with Gasteiger partial charge in [-0.05, 0) is 74.9 Å². The van der Waals surface area contributed by atoms with Crippen LogP contribution < -0.4 is 4.74 Å². The Hall–Kier alpha value is -2.72. The van der Waals surface area contributed by atoms with Gasteiger partial charge in [0.15, 0.2) is 0 Å². The molecule has 0 spiro atoms. The van der Waals surface area contributed by atoms with Crippen LogP contribution in [-0.2, 0) is 0 Å². The van der Waals surface area contributed by atoms with E-state index < -0.39 is 29.4 Å². The van der Waals surface area contributed by atoms with Crippen LogP contribution in [0.3, 0.4) is 0 Å². The van der Waals surface area contributed by atoms with Gasteiger partial charge in [-0.1, -0.05) is 12.5 Å². The lowest BCUT2D eigenvalue weighted by Crippen LogP contribution is -2.53. The molecule has 1 atom stereocenters. The second-order valence-corrected chi connectivity index (χ2v) is 10.9. The molecule has 1 amide bonds. The number of halogens is 4. The number of hydrogen-bond acceptors (Lipinski definition) is 5. The summed E-state index contributed by atoms with van der Waals surface area (Å²) in [5.74, 6) is -0.367. The third-order valence-corrected chi connectivity index (χ3v) is 8.33.